The average Bonchev–Trinajstić information content (AvgIpc) is 4.06. The van der Waals surface area contributed by atoms with E-state index in [2.05, 4.69) is 59.4 Å². The van der Waals surface area contributed by atoms with Crippen molar-refractivity contribution >= 4 is 57.4 Å². The first-order chi connectivity index (χ1) is 34.9. The minimum Gasteiger partial charge on any atom is -0.391 e. The number of benzene rings is 2. The van der Waals surface area contributed by atoms with Crippen LogP contribution in [0, 0.1) is 12.3 Å². The molecule has 2 aliphatic heterocycles. The number of likely N-dealkylation sites (tertiary alicyclic amines) is 1. The Morgan fingerprint density at radius 3 is 2.34 bits per heavy atom. The van der Waals surface area contributed by atoms with E-state index in [4.69, 9.17) is 4.98 Å². The predicted octanol–water partition coefficient (Wildman–Crippen LogP) is 6.06. The highest BCUT2D eigenvalue weighted by molar-refractivity contribution is 7.13. The lowest BCUT2D eigenvalue weighted by Gasteiger charge is -2.36. The molecule has 0 saturated carbocycles. The van der Waals surface area contributed by atoms with Crippen LogP contribution in [-0.2, 0) is 33.1 Å². The molecule has 0 aliphatic carbocycles. The summed E-state index contributed by atoms with van der Waals surface area (Å²) >= 11 is 1.58. The molecule has 3 amide bonds. The van der Waals surface area contributed by atoms with Crippen LogP contribution in [-0.4, -0.2) is 124 Å². The van der Waals surface area contributed by atoms with Crippen molar-refractivity contribution in [2.45, 2.75) is 111 Å². The number of allylic oxidation sites excluding steroid dienone is 1. The van der Waals surface area contributed by atoms with Gasteiger partial charge in [0, 0.05) is 69.7 Å². The second kappa shape index (κ2) is 22.5. The summed E-state index contributed by atoms with van der Waals surface area (Å²) in [7, 11) is 0. The number of carbonyl (C=O) groups excluding carboxylic acids is 3. The molecule has 0 spiro atoms. The Hall–Kier alpha value is -6.80. The number of amides is 3. The van der Waals surface area contributed by atoms with Crippen LogP contribution in [0.2, 0.25) is 0 Å². The highest BCUT2D eigenvalue weighted by Crippen LogP contribution is 2.30. The lowest BCUT2D eigenvalue weighted by Crippen LogP contribution is -2.57. The Morgan fingerprint density at radius 1 is 0.932 bits per heavy atom. The van der Waals surface area contributed by atoms with Gasteiger partial charge in [0.1, 0.15) is 23.1 Å². The number of pyridine rings is 1. The van der Waals surface area contributed by atoms with Gasteiger partial charge in [0.2, 0.25) is 23.7 Å². The van der Waals surface area contributed by atoms with Gasteiger partial charge in [-0.1, -0.05) is 63.6 Å². The normalized spacial score (nSPS) is 16.9. The summed E-state index contributed by atoms with van der Waals surface area (Å²) in [5, 5.41) is 30.8. The van der Waals surface area contributed by atoms with E-state index in [1.165, 1.54) is 15.8 Å². The van der Waals surface area contributed by atoms with E-state index < -0.39 is 29.2 Å². The van der Waals surface area contributed by atoms with Crippen LogP contribution in [0.25, 0.3) is 27.3 Å². The van der Waals surface area contributed by atoms with Crippen molar-refractivity contribution in [2.24, 2.45) is 5.41 Å². The van der Waals surface area contributed by atoms with Gasteiger partial charge in [-0.05, 0) is 93.1 Å². The topological polar surface area (TPSA) is 216 Å². The zero-order valence-corrected chi connectivity index (χ0v) is 43.5. The van der Waals surface area contributed by atoms with Gasteiger partial charge in [0.15, 0.2) is 11.5 Å². The van der Waals surface area contributed by atoms with Crippen LogP contribution in [0.15, 0.2) is 95.9 Å². The van der Waals surface area contributed by atoms with Gasteiger partial charge < -0.3 is 36.0 Å². The molecule has 6 heterocycles. The highest BCUT2D eigenvalue weighted by atomic mass is 32.1. The van der Waals surface area contributed by atoms with Gasteiger partial charge in [0.25, 0.3) is 5.56 Å². The third kappa shape index (κ3) is 12.5. The van der Waals surface area contributed by atoms with Crippen LogP contribution in [0.3, 0.4) is 0 Å². The highest BCUT2D eigenvalue weighted by Gasteiger charge is 2.44. The number of unbranched alkanes of at least 4 members (excludes halogenated alkanes) is 2. The molecule has 19 heteroatoms. The average molecular weight is 1010 g/mol. The maximum atomic E-state index is 14.1. The molecule has 0 bridgehead atoms. The van der Waals surface area contributed by atoms with Gasteiger partial charge in [-0.15, -0.1) is 17.9 Å². The first kappa shape index (κ1) is 52.5. The van der Waals surface area contributed by atoms with Crippen molar-refractivity contribution in [2.75, 3.05) is 49.5 Å². The van der Waals surface area contributed by atoms with Crippen molar-refractivity contribution in [3.8, 4) is 16.3 Å². The summed E-state index contributed by atoms with van der Waals surface area (Å²) in [5.74, 6) is -0.166. The number of piperazine rings is 1. The molecule has 2 fully saturated rings. The maximum absolute atomic E-state index is 14.1. The van der Waals surface area contributed by atoms with Crippen LogP contribution in [0.5, 0.6) is 0 Å². The van der Waals surface area contributed by atoms with Gasteiger partial charge in [-0.2, -0.15) is 4.98 Å². The molecule has 2 unspecified atom stereocenters. The van der Waals surface area contributed by atoms with Crippen molar-refractivity contribution in [1.29, 1.82) is 0 Å². The van der Waals surface area contributed by atoms with Crippen molar-refractivity contribution < 1.29 is 24.6 Å². The van der Waals surface area contributed by atoms with Crippen LogP contribution in [0.4, 0.5) is 17.3 Å². The molecular weight excluding hydrogens is 945 g/mol. The molecule has 5 N–H and O–H groups in total. The van der Waals surface area contributed by atoms with E-state index in [0.717, 1.165) is 78.6 Å². The van der Waals surface area contributed by atoms with Gasteiger partial charge in [-0.25, -0.2) is 24.3 Å². The molecular formula is C54H68N12O6S. The smallest absolute Gasteiger partial charge is 0.278 e. The van der Waals surface area contributed by atoms with Gasteiger partial charge in [0.05, 0.1) is 34.4 Å². The molecule has 4 aromatic heterocycles. The monoisotopic (exact) mass is 1010 g/mol. The summed E-state index contributed by atoms with van der Waals surface area (Å²) in [4.78, 5) is 79.9. The minimum absolute atomic E-state index is 0.0240. The Kier molecular flexibility index (Phi) is 16.2. The molecule has 386 valence electrons. The van der Waals surface area contributed by atoms with Crippen molar-refractivity contribution in [3.05, 3.63) is 118 Å². The molecule has 2 aliphatic rings. The molecule has 2 aromatic carbocycles. The van der Waals surface area contributed by atoms with E-state index in [-0.39, 0.29) is 55.8 Å². The van der Waals surface area contributed by atoms with Crippen LogP contribution < -0.4 is 26.4 Å². The number of fused-ring (bicyclic) bond motifs is 1. The van der Waals surface area contributed by atoms with Gasteiger partial charge in [-0.3, -0.25) is 24.1 Å². The fourth-order valence-electron chi connectivity index (χ4n) is 9.42. The van der Waals surface area contributed by atoms with Crippen molar-refractivity contribution in [3.63, 3.8) is 0 Å². The Bertz CT molecular complexity index is 2970. The predicted molar refractivity (Wildman–Crippen MR) is 285 cm³/mol. The number of nitrogens with one attached hydrogen (secondary N) is 3. The Balaban J connectivity index is 0.773. The second-order valence-corrected chi connectivity index (χ2v) is 21.5. The fraction of sp³-hybridized carbons (Fsp3) is 0.444. The second-order valence-electron chi connectivity index (χ2n) is 20.6. The number of thiazole rings is 1. The number of aryl methyl sites for hydroxylation is 1. The minimum atomic E-state index is -1.19. The van der Waals surface area contributed by atoms with E-state index in [0.29, 0.717) is 34.9 Å². The molecule has 3 atom stereocenters. The van der Waals surface area contributed by atoms with Crippen LogP contribution >= 0.6 is 11.3 Å². The standard InChI is InChI=1S/C54H68N12O6S/c1-8-24-65-50(70)41-32-56-52(61-48(41)66(65)44-14-12-13-43(59-44)54(6,7)72)58-38-20-22-39(23-21-38)63-28-26-62(27-29-63)25-11-9-10-15-45(68)60-47(53(3,4)5)51(71)64-33-40(67)30-42(64)49(69)55-31-36-16-18-37(19-17-36)46-35(2)57-34-73-46/h8,12-14,16-23,32,34,40,42,47,67,72H,1,9-11,15,24-31,33H2,2-7H3,(H,55,69)(H,60,68)(H,56,58,61)/t40?,42?,47-/m1/s1. The Morgan fingerprint density at radius 2 is 1.67 bits per heavy atom. The van der Waals surface area contributed by atoms with Gasteiger partial charge >= 0.3 is 0 Å². The Labute approximate surface area is 430 Å². The molecule has 0 radical (unpaired) electrons. The largest absolute Gasteiger partial charge is 0.391 e. The summed E-state index contributed by atoms with van der Waals surface area (Å²) < 4.78 is 3.13. The first-order valence-electron chi connectivity index (χ1n) is 25.1. The van der Waals surface area contributed by atoms with E-state index in [1.54, 1.807) is 54.1 Å². The molecule has 73 heavy (non-hydrogen) atoms. The summed E-state index contributed by atoms with van der Waals surface area (Å²) in [6.45, 7) is 19.8. The van der Waals surface area contributed by atoms with Crippen molar-refractivity contribution in [1.82, 2.24) is 49.7 Å². The van der Waals surface area contributed by atoms with Crippen LogP contribution in [0.1, 0.15) is 83.7 Å². The molecule has 2 saturated heterocycles. The van der Waals surface area contributed by atoms with E-state index in [1.807, 2.05) is 69.6 Å². The number of anilines is 3. The maximum Gasteiger partial charge on any atom is 0.278 e. The molecule has 8 rings (SSSR count). The zero-order chi connectivity index (χ0) is 52.0. The summed E-state index contributed by atoms with van der Waals surface area (Å²) in [6, 6.07) is 19.6. The van der Waals surface area contributed by atoms with E-state index in [9.17, 15) is 29.4 Å². The quantitative estimate of drug-likeness (QED) is 0.0462. The first-order valence-corrected chi connectivity index (χ1v) is 25.9. The fourth-order valence-corrected chi connectivity index (χ4v) is 10.2. The zero-order valence-electron chi connectivity index (χ0n) is 42.7. The number of rotatable bonds is 19. The lowest BCUT2D eigenvalue weighted by atomic mass is 9.85. The number of carbonyl (C=O) groups is 3. The summed E-state index contributed by atoms with van der Waals surface area (Å²) in [5.41, 5.74) is 5.39. The van der Waals surface area contributed by atoms with E-state index >= 15 is 0 Å². The number of aliphatic hydroxyl groups excluding tert-OH is 1. The summed E-state index contributed by atoms with van der Waals surface area (Å²) in [6.07, 6.45) is 5.21. The number of hydrogen-bond acceptors (Lipinski definition) is 14. The number of hydrogen-bond donors (Lipinski definition) is 5. The molecule has 6 aromatic rings. The third-order valence-electron chi connectivity index (χ3n) is 13.5. The SMILES string of the molecule is C=CCn1c(=O)c2cnc(Nc3ccc(N4CCN(CCCCCC(=O)N[C@H](C(=O)N5CC(O)CC5C(=O)NCc5ccc(-c6scnc6C)cc5)C(C)(C)C)CC4)cc3)nc2n1-c1cccc(C(C)(C)O)n1. The number of aliphatic hydroxyl groups is 2. The number of nitrogens with zero attached hydrogens (tertiary/aromatic N) is 9. The molecule has 18 nitrogen and oxygen atoms in total. The number of β-amino-alcohol motifs (C(OH)–C–C–N with tert-alkyl or cyclic N) is 1. The third-order valence-corrected chi connectivity index (χ3v) is 14.5. The number of aromatic nitrogens is 6. The lowest BCUT2D eigenvalue weighted by molar-refractivity contribution is -0.144.